The average Bonchev–Trinajstić information content (AvgIpc) is 2.47. The summed E-state index contributed by atoms with van der Waals surface area (Å²) in [6.45, 7) is 2.78. The number of ether oxygens (including phenoxy) is 3. The summed E-state index contributed by atoms with van der Waals surface area (Å²) in [6, 6.07) is 10.0. The van der Waals surface area contributed by atoms with Crippen molar-refractivity contribution in [2.24, 2.45) is 0 Å². The molecule has 1 aromatic carbocycles. The number of hydrogen-bond acceptors (Lipinski definition) is 4. The Kier molecular flexibility index (Phi) is 5.77. The van der Waals surface area contributed by atoms with Gasteiger partial charge in [-0.15, -0.1) is 0 Å². The standard InChI is InChI=1S/C16H20O4/c1-13(17)19-12-16-9-5-8-15(20-16)11-18-10-14-6-3-2-4-7-14/h2-8,15-16H,9-12H2,1H3/t15-,16-/m0/s1. The summed E-state index contributed by atoms with van der Waals surface area (Å²) in [5.74, 6) is -0.278. The maximum absolute atomic E-state index is 10.8. The van der Waals surface area contributed by atoms with Crippen LogP contribution in [0, 0.1) is 0 Å². The summed E-state index contributed by atoms with van der Waals surface area (Å²) >= 11 is 0. The zero-order chi connectivity index (χ0) is 14.2. The highest BCUT2D eigenvalue weighted by molar-refractivity contribution is 5.65. The van der Waals surface area contributed by atoms with Crippen LogP contribution < -0.4 is 0 Å². The summed E-state index contributed by atoms with van der Waals surface area (Å²) in [6.07, 6.45) is 4.66. The van der Waals surface area contributed by atoms with Gasteiger partial charge in [0.15, 0.2) is 0 Å². The molecule has 0 spiro atoms. The van der Waals surface area contributed by atoms with Crippen molar-refractivity contribution >= 4 is 5.97 Å². The quantitative estimate of drug-likeness (QED) is 0.591. The Labute approximate surface area is 119 Å². The molecule has 0 N–H and O–H groups in total. The van der Waals surface area contributed by atoms with Crippen LogP contribution in [0.15, 0.2) is 42.5 Å². The Balaban J connectivity index is 1.69. The second-order valence-electron chi connectivity index (χ2n) is 4.76. The lowest BCUT2D eigenvalue weighted by atomic mass is 10.1. The Morgan fingerprint density at radius 1 is 1.30 bits per heavy atom. The van der Waals surface area contributed by atoms with E-state index in [0.29, 0.717) is 19.8 Å². The first-order valence-electron chi connectivity index (χ1n) is 6.81. The van der Waals surface area contributed by atoms with Gasteiger partial charge in [0.2, 0.25) is 0 Å². The number of carbonyl (C=O) groups is 1. The molecule has 0 aliphatic carbocycles. The number of carbonyl (C=O) groups excluding carboxylic acids is 1. The molecule has 4 heteroatoms. The Hall–Kier alpha value is -1.65. The van der Waals surface area contributed by atoms with Gasteiger partial charge in [0, 0.05) is 6.92 Å². The minimum Gasteiger partial charge on any atom is -0.463 e. The SMILES string of the molecule is CC(=O)OC[C@@H]1CC=C[C@@H](COCc2ccccc2)O1. The van der Waals surface area contributed by atoms with Gasteiger partial charge in [-0.2, -0.15) is 0 Å². The van der Waals surface area contributed by atoms with E-state index in [1.807, 2.05) is 42.5 Å². The van der Waals surface area contributed by atoms with Gasteiger partial charge in [0.05, 0.1) is 25.4 Å². The normalized spacial score (nSPS) is 21.6. The Morgan fingerprint density at radius 2 is 2.10 bits per heavy atom. The molecule has 0 fully saturated rings. The molecule has 4 nitrogen and oxygen atoms in total. The van der Waals surface area contributed by atoms with Gasteiger partial charge in [-0.3, -0.25) is 4.79 Å². The highest BCUT2D eigenvalue weighted by atomic mass is 16.6. The largest absolute Gasteiger partial charge is 0.463 e. The summed E-state index contributed by atoms with van der Waals surface area (Å²) in [5.41, 5.74) is 1.14. The average molecular weight is 276 g/mol. The monoisotopic (exact) mass is 276 g/mol. The van der Waals surface area contributed by atoms with Crippen molar-refractivity contribution in [2.75, 3.05) is 13.2 Å². The van der Waals surface area contributed by atoms with Gasteiger partial charge in [-0.05, 0) is 12.0 Å². The van der Waals surface area contributed by atoms with Gasteiger partial charge >= 0.3 is 5.97 Å². The topological polar surface area (TPSA) is 44.8 Å². The fraction of sp³-hybridized carbons (Fsp3) is 0.438. The summed E-state index contributed by atoms with van der Waals surface area (Å²) in [4.78, 5) is 10.8. The van der Waals surface area contributed by atoms with E-state index in [1.54, 1.807) is 0 Å². The lowest BCUT2D eigenvalue weighted by Gasteiger charge is -2.25. The molecular formula is C16H20O4. The van der Waals surface area contributed by atoms with Crippen LogP contribution in [-0.4, -0.2) is 31.4 Å². The lowest BCUT2D eigenvalue weighted by Crippen LogP contribution is -2.31. The Morgan fingerprint density at radius 3 is 2.85 bits per heavy atom. The van der Waals surface area contributed by atoms with E-state index < -0.39 is 0 Å². The molecule has 0 aromatic heterocycles. The molecule has 20 heavy (non-hydrogen) atoms. The van der Waals surface area contributed by atoms with E-state index >= 15 is 0 Å². The summed E-state index contributed by atoms with van der Waals surface area (Å²) in [5, 5.41) is 0. The zero-order valence-corrected chi connectivity index (χ0v) is 11.7. The maximum Gasteiger partial charge on any atom is 0.302 e. The highest BCUT2D eigenvalue weighted by Crippen LogP contribution is 2.14. The molecule has 2 rings (SSSR count). The van der Waals surface area contributed by atoms with Crippen molar-refractivity contribution < 1.29 is 19.0 Å². The molecule has 0 amide bonds. The third kappa shape index (κ3) is 5.15. The van der Waals surface area contributed by atoms with Crippen LogP contribution in [-0.2, 0) is 25.6 Å². The predicted molar refractivity (Wildman–Crippen MR) is 75.1 cm³/mol. The number of rotatable bonds is 6. The van der Waals surface area contributed by atoms with E-state index in [2.05, 4.69) is 0 Å². The van der Waals surface area contributed by atoms with E-state index in [-0.39, 0.29) is 18.2 Å². The summed E-state index contributed by atoms with van der Waals surface area (Å²) < 4.78 is 16.4. The van der Waals surface area contributed by atoms with Crippen molar-refractivity contribution in [1.82, 2.24) is 0 Å². The van der Waals surface area contributed by atoms with Crippen molar-refractivity contribution in [3.05, 3.63) is 48.0 Å². The van der Waals surface area contributed by atoms with Crippen LogP contribution in [0.3, 0.4) is 0 Å². The van der Waals surface area contributed by atoms with E-state index in [0.717, 1.165) is 12.0 Å². The molecular weight excluding hydrogens is 256 g/mol. The second kappa shape index (κ2) is 7.82. The lowest BCUT2D eigenvalue weighted by molar-refractivity contribution is -0.147. The van der Waals surface area contributed by atoms with Gasteiger partial charge in [-0.1, -0.05) is 42.5 Å². The Bertz CT molecular complexity index is 441. The zero-order valence-electron chi connectivity index (χ0n) is 11.7. The minimum atomic E-state index is -0.278. The molecule has 108 valence electrons. The molecule has 0 bridgehead atoms. The molecule has 0 unspecified atom stereocenters. The van der Waals surface area contributed by atoms with E-state index in [4.69, 9.17) is 14.2 Å². The third-order valence-electron chi connectivity index (χ3n) is 2.98. The number of esters is 1. The highest BCUT2D eigenvalue weighted by Gasteiger charge is 2.19. The van der Waals surface area contributed by atoms with Crippen molar-refractivity contribution in [2.45, 2.75) is 32.2 Å². The van der Waals surface area contributed by atoms with E-state index in [1.165, 1.54) is 6.92 Å². The van der Waals surface area contributed by atoms with Crippen LogP contribution in [0.25, 0.3) is 0 Å². The van der Waals surface area contributed by atoms with Crippen molar-refractivity contribution in [3.63, 3.8) is 0 Å². The van der Waals surface area contributed by atoms with Gasteiger partial charge in [0.1, 0.15) is 6.61 Å². The first-order chi connectivity index (χ1) is 9.74. The smallest absolute Gasteiger partial charge is 0.302 e. The molecule has 0 saturated heterocycles. The van der Waals surface area contributed by atoms with E-state index in [9.17, 15) is 4.79 Å². The van der Waals surface area contributed by atoms with Crippen molar-refractivity contribution in [1.29, 1.82) is 0 Å². The first-order valence-corrected chi connectivity index (χ1v) is 6.81. The maximum atomic E-state index is 10.8. The van der Waals surface area contributed by atoms with Crippen LogP contribution in [0.4, 0.5) is 0 Å². The third-order valence-corrected chi connectivity index (χ3v) is 2.98. The minimum absolute atomic E-state index is 0.0748. The number of benzene rings is 1. The molecule has 0 radical (unpaired) electrons. The van der Waals surface area contributed by atoms with Crippen LogP contribution in [0.1, 0.15) is 18.9 Å². The van der Waals surface area contributed by atoms with Gasteiger partial charge in [-0.25, -0.2) is 0 Å². The fourth-order valence-electron chi connectivity index (χ4n) is 2.01. The fourth-order valence-corrected chi connectivity index (χ4v) is 2.01. The molecule has 2 atom stereocenters. The van der Waals surface area contributed by atoms with Crippen LogP contribution >= 0.6 is 0 Å². The van der Waals surface area contributed by atoms with Crippen molar-refractivity contribution in [3.8, 4) is 0 Å². The first kappa shape index (κ1) is 14.8. The molecule has 1 heterocycles. The van der Waals surface area contributed by atoms with Gasteiger partial charge < -0.3 is 14.2 Å². The molecule has 1 aliphatic heterocycles. The van der Waals surface area contributed by atoms with Crippen LogP contribution in [0.5, 0.6) is 0 Å². The molecule has 1 aliphatic rings. The van der Waals surface area contributed by atoms with Crippen LogP contribution in [0.2, 0.25) is 0 Å². The number of hydrogen-bond donors (Lipinski definition) is 0. The second-order valence-corrected chi connectivity index (χ2v) is 4.76. The molecule has 0 saturated carbocycles. The van der Waals surface area contributed by atoms with Gasteiger partial charge in [0.25, 0.3) is 0 Å². The predicted octanol–water partition coefficient (Wildman–Crippen LogP) is 2.48. The summed E-state index contributed by atoms with van der Waals surface area (Å²) in [7, 11) is 0. The molecule has 1 aromatic rings.